The highest BCUT2D eigenvalue weighted by molar-refractivity contribution is 4.85. The van der Waals surface area contributed by atoms with Crippen LogP contribution in [0.25, 0.3) is 0 Å². The Morgan fingerprint density at radius 2 is 2.00 bits per heavy atom. The molecule has 2 saturated heterocycles. The van der Waals surface area contributed by atoms with Gasteiger partial charge in [0.2, 0.25) is 0 Å². The number of hydrogen-bond acceptors (Lipinski definition) is 4. The second-order valence-corrected chi connectivity index (χ2v) is 3.21. The van der Waals surface area contributed by atoms with Crippen LogP contribution in [-0.2, 0) is 14.2 Å². The first kappa shape index (κ1) is 8.44. The van der Waals surface area contributed by atoms with Crippen LogP contribution in [0.1, 0.15) is 6.42 Å². The molecule has 1 spiro atoms. The predicted octanol–water partition coefficient (Wildman–Crippen LogP) is -0.242. The first-order valence-corrected chi connectivity index (χ1v) is 4.34. The van der Waals surface area contributed by atoms with Crippen LogP contribution in [0.15, 0.2) is 0 Å². The molecule has 0 aliphatic carbocycles. The minimum Gasteiger partial charge on any atom is -0.396 e. The highest BCUT2D eigenvalue weighted by atomic mass is 16.7. The summed E-state index contributed by atoms with van der Waals surface area (Å²) in [4.78, 5) is 0. The van der Waals surface area contributed by atoms with Gasteiger partial charge in [-0.2, -0.15) is 0 Å². The van der Waals surface area contributed by atoms with E-state index >= 15 is 0 Å². The number of aliphatic hydroxyl groups excluding tert-OH is 1. The van der Waals surface area contributed by atoms with E-state index in [-0.39, 0.29) is 12.5 Å². The molecular weight excluding hydrogens is 160 g/mol. The Morgan fingerprint density at radius 1 is 1.25 bits per heavy atom. The lowest BCUT2D eigenvalue weighted by Crippen LogP contribution is -2.48. The van der Waals surface area contributed by atoms with Crippen LogP contribution in [0.5, 0.6) is 0 Å². The van der Waals surface area contributed by atoms with Gasteiger partial charge in [0, 0.05) is 6.42 Å². The normalized spacial score (nSPS) is 34.2. The molecule has 12 heavy (non-hydrogen) atoms. The van der Waals surface area contributed by atoms with Crippen LogP contribution in [0.4, 0.5) is 0 Å². The SMILES string of the molecule is OCC1COCCC12OCCO2. The molecule has 1 N–H and O–H groups in total. The minimum atomic E-state index is -0.535. The first-order valence-electron chi connectivity index (χ1n) is 4.34. The number of aliphatic hydroxyl groups is 1. The van der Waals surface area contributed by atoms with Gasteiger partial charge in [-0.25, -0.2) is 0 Å². The molecule has 0 aromatic heterocycles. The van der Waals surface area contributed by atoms with E-state index in [4.69, 9.17) is 19.3 Å². The van der Waals surface area contributed by atoms with Crippen molar-refractivity contribution in [1.29, 1.82) is 0 Å². The van der Waals surface area contributed by atoms with Crippen LogP contribution >= 0.6 is 0 Å². The molecule has 1 atom stereocenters. The van der Waals surface area contributed by atoms with Crippen molar-refractivity contribution in [3.8, 4) is 0 Å². The molecule has 0 aromatic rings. The third-order valence-corrected chi connectivity index (χ3v) is 2.53. The zero-order valence-corrected chi connectivity index (χ0v) is 6.99. The lowest BCUT2D eigenvalue weighted by molar-refractivity contribution is -0.246. The van der Waals surface area contributed by atoms with Crippen molar-refractivity contribution in [1.82, 2.24) is 0 Å². The summed E-state index contributed by atoms with van der Waals surface area (Å²) in [6.45, 7) is 2.54. The van der Waals surface area contributed by atoms with Gasteiger partial charge in [-0.1, -0.05) is 0 Å². The monoisotopic (exact) mass is 174 g/mol. The molecule has 0 saturated carbocycles. The lowest BCUT2D eigenvalue weighted by atomic mass is 9.95. The topological polar surface area (TPSA) is 47.9 Å². The van der Waals surface area contributed by atoms with E-state index in [1.54, 1.807) is 0 Å². The third-order valence-electron chi connectivity index (χ3n) is 2.53. The molecule has 2 fully saturated rings. The highest BCUT2D eigenvalue weighted by Crippen LogP contribution is 2.34. The maximum absolute atomic E-state index is 9.08. The Bertz CT molecular complexity index is 153. The van der Waals surface area contributed by atoms with Crippen molar-refractivity contribution in [3.05, 3.63) is 0 Å². The number of rotatable bonds is 1. The average molecular weight is 174 g/mol. The molecular formula is C8H14O4. The Kier molecular flexibility index (Phi) is 2.32. The third kappa shape index (κ3) is 1.25. The van der Waals surface area contributed by atoms with Gasteiger partial charge in [0.05, 0.1) is 39.0 Å². The molecule has 2 rings (SSSR count). The van der Waals surface area contributed by atoms with Gasteiger partial charge < -0.3 is 19.3 Å². The molecule has 1 unspecified atom stereocenters. The van der Waals surface area contributed by atoms with Crippen molar-refractivity contribution < 1.29 is 19.3 Å². The predicted molar refractivity (Wildman–Crippen MR) is 40.6 cm³/mol. The van der Waals surface area contributed by atoms with Gasteiger partial charge in [0.1, 0.15) is 0 Å². The van der Waals surface area contributed by atoms with E-state index in [2.05, 4.69) is 0 Å². The summed E-state index contributed by atoms with van der Waals surface area (Å²) in [6.07, 6.45) is 0.734. The van der Waals surface area contributed by atoms with Crippen molar-refractivity contribution in [2.45, 2.75) is 12.2 Å². The van der Waals surface area contributed by atoms with Crippen LogP contribution in [0, 0.1) is 5.92 Å². The Balaban J connectivity index is 2.07. The van der Waals surface area contributed by atoms with Crippen molar-refractivity contribution in [2.24, 2.45) is 5.92 Å². The second kappa shape index (κ2) is 3.30. The molecule has 0 amide bonds. The Morgan fingerprint density at radius 3 is 2.67 bits per heavy atom. The van der Waals surface area contributed by atoms with E-state index in [0.717, 1.165) is 6.42 Å². The molecule has 0 bridgehead atoms. The van der Waals surface area contributed by atoms with Crippen molar-refractivity contribution in [3.63, 3.8) is 0 Å². The largest absolute Gasteiger partial charge is 0.396 e. The molecule has 4 nitrogen and oxygen atoms in total. The first-order chi connectivity index (χ1) is 5.87. The van der Waals surface area contributed by atoms with Crippen LogP contribution < -0.4 is 0 Å². The molecule has 2 aliphatic rings. The van der Waals surface area contributed by atoms with Crippen molar-refractivity contribution in [2.75, 3.05) is 33.0 Å². The van der Waals surface area contributed by atoms with Gasteiger partial charge in [0.25, 0.3) is 0 Å². The molecule has 70 valence electrons. The van der Waals surface area contributed by atoms with E-state index in [0.29, 0.717) is 26.4 Å². The van der Waals surface area contributed by atoms with Crippen LogP contribution in [0.2, 0.25) is 0 Å². The average Bonchev–Trinajstić information content (AvgIpc) is 2.55. The van der Waals surface area contributed by atoms with E-state index in [9.17, 15) is 0 Å². The molecule has 4 heteroatoms. The minimum absolute atomic E-state index is 0.0197. The summed E-state index contributed by atoms with van der Waals surface area (Å²) < 4.78 is 16.3. The summed E-state index contributed by atoms with van der Waals surface area (Å²) in [6, 6.07) is 0. The van der Waals surface area contributed by atoms with Gasteiger partial charge in [-0.05, 0) is 0 Å². The van der Waals surface area contributed by atoms with E-state index in [1.165, 1.54) is 0 Å². The smallest absolute Gasteiger partial charge is 0.177 e. The maximum atomic E-state index is 9.08. The Labute approximate surface area is 71.4 Å². The second-order valence-electron chi connectivity index (χ2n) is 3.21. The van der Waals surface area contributed by atoms with Gasteiger partial charge in [-0.15, -0.1) is 0 Å². The molecule has 0 radical (unpaired) electrons. The van der Waals surface area contributed by atoms with Crippen molar-refractivity contribution >= 4 is 0 Å². The van der Waals surface area contributed by atoms with E-state index in [1.807, 2.05) is 0 Å². The fourth-order valence-electron chi connectivity index (χ4n) is 1.81. The van der Waals surface area contributed by atoms with Gasteiger partial charge in [0.15, 0.2) is 5.79 Å². The standard InChI is InChI=1S/C8H14O4/c9-5-7-6-10-2-1-8(7)11-3-4-12-8/h7,9H,1-6H2. The molecule has 2 aliphatic heterocycles. The summed E-state index contributed by atoms with van der Waals surface area (Å²) in [5, 5.41) is 9.08. The van der Waals surface area contributed by atoms with E-state index < -0.39 is 5.79 Å². The fraction of sp³-hybridized carbons (Fsp3) is 1.00. The number of hydrogen-bond donors (Lipinski definition) is 1. The number of ether oxygens (including phenoxy) is 3. The quantitative estimate of drug-likeness (QED) is 0.596. The van der Waals surface area contributed by atoms with Crippen LogP contribution in [-0.4, -0.2) is 43.9 Å². The van der Waals surface area contributed by atoms with Crippen LogP contribution in [0.3, 0.4) is 0 Å². The maximum Gasteiger partial charge on any atom is 0.177 e. The summed E-state index contributed by atoms with van der Waals surface area (Å²) in [5.74, 6) is -0.554. The Hall–Kier alpha value is -0.160. The summed E-state index contributed by atoms with van der Waals surface area (Å²) in [5.41, 5.74) is 0. The summed E-state index contributed by atoms with van der Waals surface area (Å²) >= 11 is 0. The molecule has 2 heterocycles. The van der Waals surface area contributed by atoms with Gasteiger partial charge in [-0.3, -0.25) is 0 Å². The molecule has 0 aromatic carbocycles. The zero-order chi connectivity index (χ0) is 8.44. The highest BCUT2D eigenvalue weighted by Gasteiger charge is 2.46. The lowest BCUT2D eigenvalue weighted by Gasteiger charge is -2.37. The van der Waals surface area contributed by atoms with Gasteiger partial charge >= 0.3 is 0 Å². The fourth-order valence-corrected chi connectivity index (χ4v) is 1.81. The summed E-state index contributed by atoms with van der Waals surface area (Å²) in [7, 11) is 0. The zero-order valence-electron chi connectivity index (χ0n) is 6.99.